The van der Waals surface area contributed by atoms with Crippen LogP contribution in [-0.2, 0) is 9.59 Å². The number of aliphatic carboxylic acids is 1. The summed E-state index contributed by atoms with van der Waals surface area (Å²) >= 11 is 1.31. The second kappa shape index (κ2) is 8.60. The molecule has 0 saturated heterocycles. The highest BCUT2D eigenvalue weighted by atomic mass is 32.1. The zero-order valence-electron chi connectivity index (χ0n) is 16.9. The number of anilines is 1. The Bertz CT molecular complexity index is 962. The molecule has 2 saturated carbocycles. The maximum atomic E-state index is 13.0. The van der Waals surface area contributed by atoms with Gasteiger partial charge in [0.2, 0.25) is 5.91 Å². The number of hydrogen-bond donors (Lipinski definition) is 3. The molecule has 0 bridgehead atoms. The number of carboxylic acids is 1. The first-order valence-corrected chi connectivity index (χ1v) is 11.3. The quantitative estimate of drug-likeness (QED) is 0.636. The maximum Gasteiger partial charge on any atom is 0.307 e. The van der Waals surface area contributed by atoms with E-state index in [4.69, 9.17) is 0 Å². The molecule has 2 amide bonds. The van der Waals surface area contributed by atoms with Gasteiger partial charge in [0.15, 0.2) is 0 Å². The Balaban J connectivity index is 1.63. The van der Waals surface area contributed by atoms with Crippen molar-refractivity contribution >= 4 is 34.1 Å². The molecule has 1 heterocycles. The molecule has 2 aliphatic carbocycles. The molecule has 6 nitrogen and oxygen atoms in total. The summed E-state index contributed by atoms with van der Waals surface area (Å²) < 4.78 is 0. The van der Waals surface area contributed by atoms with Gasteiger partial charge < -0.3 is 15.7 Å². The summed E-state index contributed by atoms with van der Waals surface area (Å²) in [4.78, 5) is 37.6. The van der Waals surface area contributed by atoms with Crippen LogP contribution in [0.15, 0.2) is 29.6 Å². The van der Waals surface area contributed by atoms with Gasteiger partial charge in [-0.05, 0) is 38.2 Å². The number of aryl methyl sites for hydroxylation is 1. The van der Waals surface area contributed by atoms with E-state index < -0.39 is 17.8 Å². The molecule has 0 radical (unpaired) electrons. The lowest BCUT2D eigenvalue weighted by atomic mass is 9.78. The summed E-state index contributed by atoms with van der Waals surface area (Å²) in [5.41, 5.74) is 3.29. The van der Waals surface area contributed by atoms with E-state index >= 15 is 0 Å². The Morgan fingerprint density at radius 3 is 2.30 bits per heavy atom. The molecular formula is C23H26N2O4S. The van der Waals surface area contributed by atoms with E-state index in [9.17, 15) is 19.5 Å². The van der Waals surface area contributed by atoms with Gasteiger partial charge in [0.1, 0.15) is 5.00 Å². The molecule has 30 heavy (non-hydrogen) atoms. The third-order valence-electron chi connectivity index (χ3n) is 5.95. The van der Waals surface area contributed by atoms with Crippen LogP contribution >= 0.6 is 11.3 Å². The smallest absolute Gasteiger partial charge is 0.307 e. The second-order valence-corrected chi connectivity index (χ2v) is 9.17. The Labute approximate surface area is 179 Å². The van der Waals surface area contributed by atoms with Crippen molar-refractivity contribution in [2.75, 3.05) is 5.32 Å². The minimum absolute atomic E-state index is 0.192. The van der Waals surface area contributed by atoms with Gasteiger partial charge in [0, 0.05) is 17.0 Å². The fourth-order valence-electron chi connectivity index (χ4n) is 4.05. The van der Waals surface area contributed by atoms with Gasteiger partial charge in [-0.3, -0.25) is 14.4 Å². The highest BCUT2D eigenvalue weighted by Crippen LogP contribution is 2.38. The topological polar surface area (TPSA) is 95.5 Å². The summed E-state index contributed by atoms with van der Waals surface area (Å²) in [5.74, 6) is -2.66. The zero-order chi connectivity index (χ0) is 21.3. The maximum absolute atomic E-state index is 13.0. The molecule has 0 unspecified atom stereocenters. The lowest BCUT2D eigenvalue weighted by Gasteiger charge is -2.27. The number of rotatable bonds is 6. The number of hydrogen-bond acceptors (Lipinski definition) is 4. The summed E-state index contributed by atoms with van der Waals surface area (Å²) in [7, 11) is 0. The van der Waals surface area contributed by atoms with E-state index in [1.165, 1.54) is 11.3 Å². The molecule has 2 atom stereocenters. The lowest BCUT2D eigenvalue weighted by Crippen LogP contribution is -2.36. The van der Waals surface area contributed by atoms with Crippen LogP contribution in [0.2, 0.25) is 0 Å². The van der Waals surface area contributed by atoms with Crippen molar-refractivity contribution in [1.82, 2.24) is 5.32 Å². The van der Waals surface area contributed by atoms with E-state index in [-0.39, 0.29) is 17.9 Å². The van der Waals surface area contributed by atoms with Crippen LogP contribution in [0, 0.1) is 18.8 Å². The Morgan fingerprint density at radius 2 is 1.67 bits per heavy atom. The van der Waals surface area contributed by atoms with E-state index in [1.807, 2.05) is 36.6 Å². The third kappa shape index (κ3) is 4.41. The van der Waals surface area contributed by atoms with E-state index in [2.05, 4.69) is 10.6 Å². The fraction of sp³-hybridized carbons (Fsp3) is 0.435. The number of carbonyl (C=O) groups excluding carboxylic acids is 2. The number of nitrogens with one attached hydrogen (secondary N) is 2. The minimum atomic E-state index is -0.923. The number of amides is 2. The third-order valence-corrected chi connectivity index (χ3v) is 6.85. The number of benzene rings is 1. The van der Waals surface area contributed by atoms with Gasteiger partial charge in [0.05, 0.1) is 17.4 Å². The van der Waals surface area contributed by atoms with Gasteiger partial charge in [-0.1, -0.05) is 42.7 Å². The van der Waals surface area contributed by atoms with Crippen molar-refractivity contribution in [1.29, 1.82) is 0 Å². The number of carbonyl (C=O) groups is 3. The summed E-state index contributed by atoms with van der Waals surface area (Å²) in [6.45, 7) is 2.01. The van der Waals surface area contributed by atoms with Crippen LogP contribution in [0.3, 0.4) is 0 Å². The summed E-state index contributed by atoms with van der Waals surface area (Å²) in [5, 5.41) is 17.8. The normalized spacial score (nSPS) is 21.1. The van der Waals surface area contributed by atoms with E-state index in [0.717, 1.165) is 42.4 Å². The second-order valence-electron chi connectivity index (χ2n) is 8.29. The zero-order valence-corrected chi connectivity index (χ0v) is 17.8. The molecule has 4 rings (SSSR count). The monoisotopic (exact) mass is 426 g/mol. The molecule has 1 aromatic carbocycles. The standard InChI is InChI=1S/C23H26N2O4S/c1-13-6-8-14(9-7-13)18-12-30-22(19(18)21(27)24-15-10-11-15)25-20(26)16-4-2-3-5-17(16)23(28)29/h6-9,12,15-17H,2-5,10-11H2,1H3,(H,24,27)(H,25,26)(H,28,29)/t16-,17+/m1/s1. The molecule has 0 spiro atoms. The average molecular weight is 427 g/mol. The van der Waals surface area contributed by atoms with Crippen LogP contribution in [-0.4, -0.2) is 28.9 Å². The van der Waals surface area contributed by atoms with Gasteiger partial charge in [0.25, 0.3) is 5.91 Å². The van der Waals surface area contributed by atoms with Gasteiger partial charge in [-0.2, -0.15) is 0 Å². The van der Waals surface area contributed by atoms with E-state index in [0.29, 0.717) is 23.4 Å². The number of thiophene rings is 1. The summed E-state index contributed by atoms with van der Waals surface area (Å²) in [6.07, 6.45) is 4.69. The Morgan fingerprint density at radius 1 is 1.00 bits per heavy atom. The largest absolute Gasteiger partial charge is 0.481 e. The first-order chi connectivity index (χ1) is 14.4. The van der Waals surface area contributed by atoms with Crippen molar-refractivity contribution in [3.05, 3.63) is 40.8 Å². The molecular weight excluding hydrogens is 400 g/mol. The summed E-state index contributed by atoms with van der Waals surface area (Å²) in [6, 6.07) is 8.12. The van der Waals surface area contributed by atoms with Crippen LogP contribution in [0.25, 0.3) is 11.1 Å². The predicted molar refractivity (Wildman–Crippen MR) is 117 cm³/mol. The highest BCUT2D eigenvalue weighted by Gasteiger charge is 2.36. The number of carboxylic acid groups (broad SMARTS) is 1. The molecule has 2 fully saturated rings. The van der Waals surface area contributed by atoms with Crippen LogP contribution in [0.1, 0.15) is 54.4 Å². The van der Waals surface area contributed by atoms with E-state index in [1.54, 1.807) is 0 Å². The van der Waals surface area contributed by atoms with Crippen molar-refractivity contribution in [3.63, 3.8) is 0 Å². The molecule has 7 heteroatoms. The van der Waals surface area contributed by atoms with Gasteiger partial charge in [-0.25, -0.2) is 0 Å². The minimum Gasteiger partial charge on any atom is -0.481 e. The molecule has 1 aromatic heterocycles. The highest BCUT2D eigenvalue weighted by molar-refractivity contribution is 7.15. The predicted octanol–water partition coefficient (Wildman–Crippen LogP) is 4.45. The van der Waals surface area contributed by atoms with Crippen LogP contribution in [0.5, 0.6) is 0 Å². The fourth-order valence-corrected chi connectivity index (χ4v) is 5.02. The first kappa shape index (κ1) is 20.6. The Hall–Kier alpha value is -2.67. The molecule has 158 valence electrons. The lowest BCUT2D eigenvalue weighted by molar-refractivity contribution is -0.147. The van der Waals surface area contributed by atoms with Crippen molar-refractivity contribution in [2.45, 2.75) is 51.5 Å². The van der Waals surface area contributed by atoms with Gasteiger partial charge >= 0.3 is 5.97 Å². The van der Waals surface area contributed by atoms with Crippen molar-refractivity contribution in [3.8, 4) is 11.1 Å². The molecule has 2 aliphatic rings. The molecule has 2 aromatic rings. The van der Waals surface area contributed by atoms with Gasteiger partial charge in [-0.15, -0.1) is 11.3 Å². The SMILES string of the molecule is Cc1ccc(-c2csc(NC(=O)[C@@H]3CCCC[C@@H]3C(=O)O)c2C(=O)NC2CC2)cc1. The van der Waals surface area contributed by atoms with Crippen molar-refractivity contribution < 1.29 is 19.5 Å². The van der Waals surface area contributed by atoms with Crippen LogP contribution in [0.4, 0.5) is 5.00 Å². The first-order valence-electron chi connectivity index (χ1n) is 10.5. The Kier molecular flexibility index (Phi) is 5.90. The average Bonchev–Trinajstić information content (AvgIpc) is 3.45. The van der Waals surface area contributed by atoms with Crippen LogP contribution < -0.4 is 10.6 Å². The van der Waals surface area contributed by atoms with Crippen molar-refractivity contribution in [2.24, 2.45) is 11.8 Å². The molecule has 3 N–H and O–H groups in total. The molecule has 0 aliphatic heterocycles.